The van der Waals surface area contributed by atoms with Gasteiger partial charge in [0, 0.05) is 23.7 Å². The van der Waals surface area contributed by atoms with Gasteiger partial charge in [0.05, 0.1) is 5.52 Å². The summed E-state index contributed by atoms with van der Waals surface area (Å²) in [5, 5.41) is 4.69. The first-order chi connectivity index (χ1) is 9.58. The second-order valence-corrected chi connectivity index (χ2v) is 5.60. The molecule has 1 heterocycles. The van der Waals surface area contributed by atoms with Gasteiger partial charge in [0.25, 0.3) is 0 Å². The fourth-order valence-corrected chi connectivity index (χ4v) is 2.18. The van der Waals surface area contributed by atoms with E-state index in [2.05, 4.69) is 67.5 Å². The zero-order valence-corrected chi connectivity index (χ0v) is 12.9. The summed E-state index contributed by atoms with van der Waals surface area (Å²) in [5.41, 5.74) is 4.82. The number of hydrogen-bond donors (Lipinski definition) is 1. The third-order valence-electron chi connectivity index (χ3n) is 3.41. The Kier molecular flexibility index (Phi) is 4.91. The van der Waals surface area contributed by atoms with Gasteiger partial charge in [-0.1, -0.05) is 44.6 Å². The summed E-state index contributed by atoms with van der Waals surface area (Å²) in [6, 6.07) is 11.2. The Morgan fingerprint density at radius 3 is 2.75 bits per heavy atom. The van der Waals surface area contributed by atoms with Crippen LogP contribution in [0, 0.1) is 6.92 Å². The highest BCUT2D eigenvalue weighted by Crippen LogP contribution is 2.17. The van der Waals surface area contributed by atoms with Crippen LogP contribution in [-0.4, -0.2) is 17.6 Å². The highest BCUT2D eigenvalue weighted by molar-refractivity contribution is 5.81. The number of fused-ring (bicyclic) bond motifs is 1. The van der Waals surface area contributed by atoms with Crippen molar-refractivity contribution in [3.8, 4) is 0 Å². The molecule has 2 heteroatoms. The van der Waals surface area contributed by atoms with Crippen molar-refractivity contribution in [3.63, 3.8) is 0 Å². The Morgan fingerprint density at radius 2 is 2.05 bits per heavy atom. The molecule has 1 N–H and O–H groups in total. The summed E-state index contributed by atoms with van der Waals surface area (Å²) in [7, 11) is 0. The number of nitrogens with one attached hydrogen (secondary N) is 1. The van der Waals surface area contributed by atoms with Crippen LogP contribution in [0.5, 0.6) is 0 Å². The quantitative estimate of drug-likeness (QED) is 0.872. The maximum absolute atomic E-state index is 4.54. The van der Waals surface area contributed by atoms with Crippen molar-refractivity contribution in [1.29, 1.82) is 0 Å². The molecule has 2 rings (SSSR count). The van der Waals surface area contributed by atoms with Crippen molar-refractivity contribution >= 4 is 17.0 Å². The van der Waals surface area contributed by atoms with Crippen molar-refractivity contribution < 1.29 is 0 Å². The van der Waals surface area contributed by atoms with Crippen molar-refractivity contribution in [2.45, 2.75) is 40.2 Å². The summed E-state index contributed by atoms with van der Waals surface area (Å²) in [6.45, 7) is 9.55. The van der Waals surface area contributed by atoms with Crippen LogP contribution in [-0.2, 0) is 0 Å². The summed E-state index contributed by atoms with van der Waals surface area (Å²) < 4.78 is 0. The van der Waals surface area contributed by atoms with Crippen LogP contribution < -0.4 is 5.32 Å². The van der Waals surface area contributed by atoms with Crippen molar-refractivity contribution in [1.82, 2.24) is 10.3 Å². The zero-order chi connectivity index (χ0) is 14.5. The molecule has 0 aliphatic carbocycles. The molecule has 2 aromatic rings. The van der Waals surface area contributed by atoms with E-state index in [1.807, 2.05) is 6.92 Å². The number of pyridine rings is 1. The van der Waals surface area contributed by atoms with Crippen molar-refractivity contribution in [3.05, 3.63) is 47.2 Å². The van der Waals surface area contributed by atoms with Crippen LogP contribution in [0.2, 0.25) is 0 Å². The molecule has 0 aliphatic heterocycles. The third-order valence-corrected chi connectivity index (χ3v) is 3.41. The van der Waals surface area contributed by atoms with Gasteiger partial charge in [-0.3, -0.25) is 4.98 Å². The number of nitrogens with zero attached hydrogens (tertiary/aromatic N) is 1. The largest absolute Gasteiger partial charge is 0.311 e. The van der Waals surface area contributed by atoms with E-state index < -0.39 is 0 Å². The van der Waals surface area contributed by atoms with Crippen LogP contribution in [0.4, 0.5) is 0 Å². The number of rotatable bonds is 5. The zero-order valence-electron chi connectivity index (χ0n) is 12.9. The van der Waals surface area contributed by atoms with E-state index in [1.165, 1.54) is 16.5 Å². The molecule has 0 spiro atoms. The van der Waals surface area contributed by atoms with Gasteiger partial charge in [0.2, 0.25) is 0 Å². The van der Waals surface area contributed by atoms with Gasteiger partial charge in [0.15, 0.2) is 0 Å². The van der Waals surface area contributed by atoms with E-state index in [0.717, 1.165) is 24.2 Å². The van der Waals surface area contributed by atoms with E-state index in [-0.39, 0.29) is 0 Å². The summed E-state index contributed by atoms with van der Waals surface area (Å²) >= 11 is 0. The number of aryl methyl sites for hydroxylation is 1. The van der Waals surface area contributed by atoms with E-state index in [9.17, 15) is 0 Å². The molecule has 20 heavy (non-hydrogen) atoms. The molecule has 2 nitrogen and oxygen atoms in total. The van der Waals surface area contributed by atoms with E-state index in [0.29, 0.717) is 6.04 Å². The maximum Gasteiger partial charge on any atom is 0.0705 e. The molecule has 0 radical (unpaired) electrons. The minimum absolute atomic E-state index is 0.522. The minimum atomic E-state index is 0.522. The highest BCUT2D eigenvalue weighted by Gasteiger charge is 2.00. The topological polar surface area (TPSA) is 24.9 Å². The monoisotopic (exact) mass is 268 g/mol. The molecule has 0 unspecified atom stereocenters. The van der Waals surface area contributed by atoms with Gasteiger partial charge in [-0.15, -0.1) is 0 Å². The van der Waals surface area contributed by atoms with Gasteiger partial charge in [0.1, 0.15) is 0 Å². The molecular formula is C18H24N2. The van der Waals surface area contributed by atoms with Gasteiger partial charge in [-0.05, 0) is 37.1 Å². The summed E-state index contributed by atoms with van der Waals surface area (Å²) in [4.78, 5) is 4.54. The molecule has 0 amide bonds. The first-order valence-corrected chi connectivity index (χ1v) is 7.38. The van der Waals surface area contributed by atoms with Gasteiger partial charge >= 0.3 is 0 Å². The van der Waals surface area contributed by atoms with Crippen LogP contribution in [0.1, 0.15) is 38.4 Å². The maximum atomic E-state index is 4.54. The highest BCUT2D eigenvalue weighted by atomic mass is 14.9. The van der Waals surface area contributed by atoms with E-state index >= 15 is 0 Å². The number of aromatic nitrogens is 1. The second-order valence-electron chi connectivity index (χ2n) is 5.60. The second kappa shape index (κ2) is 6.67. The fraction of sp³-hybridized carbons (Fsp3) is 0.389. The Bertz CT molecular complexity index is 612. The Labute approximate surface area is 121 Å². The molecule has 0 saturated heterocycles. The molecule has 0 fully saturated rings. The molecule has 0 saturated carbocycles. The fourth-order valence-electron chi connectivity index (χ4n) is 2.18. The first kappa shape index (κ1) is 14.7. The lowest BCUT2D eigenvalue weighted by molar-refractivity contribution is 0.617. The molecular weight excluding hydrogens is 244 g/mol. The summed E-state index contributed by atoms with van der Waals surface area (Å²) in [5.74, 6) is 0. The normalized spacial score (nSPS) is 12.3. The molecule has 0 atom stereocenters. The van der Waals surface area contributed by atoms with Crippen molar-refractivity contribution in [2.24, 2.45) is 0 Å². The molecule has 1 aromatic heterocycles. The Balaban J connectivity index is 2.25. The van der Waals surface area contributed by atoms with Crippen LogP contribution >= 0.6 is 0 Å². The SMILES string of the molecule is CC/C(=C/c1ccc2nc(C)ccc2c1)CNC(C)C. The first-order valence-electron chi connectivity index (χ1n) is 7.38. The number of hydrogen-bond acceptors (Lipinski definition) is 2. The predicted octanol–water partition coefficient (Wildman–Crippen LogP) is 4.33. The van der Waals surface area contributed by atoms with Gasteiger partial charge < -0.3 is 5.32 Å². The average molecular weight is 268 g/mol. The smallest absolute Gasteiger partial charge is 0.0705 e. The van der Waals surface area contributed by atoms with Crippen molar-refractivity contribution in [2.75, 3.05) is 6.54 Å². The standard InChI is InChI=1S/C18H24N2/c1-5-15(12-19-13(2)3)10-16-7-9-18-17(11-16)8-6-14(4)20-18/h6-11,13,19H,5,12H2,1-4H3/b15-10-. The molecule has 0 bridgehead atoms. The van der Waals surface area contributed by atoms with E-state index in [4.69, 9.17) is 0 Å². The van der Waals surface area contributed by atoms with Gasteiger partial charge in [-0.25, -0.2) is 0 Å². The van der Waals surface area contributed by atoms with Crippen LogP contribution in [0.3, 0.4) is 0 Å². The molecule has 0 aliphatic rings. The lowest BCUT2D eigenvalue weighted by Crippen LogP contribution is -2.24. The van der Waals surface area contributed by atoms with Crippen LogP contribution in [0.25, 0.3) is 17.0 Å². The molecule has 106 valence electrons. The predicted molar refractivity (Wildman–Crippen MR) is 87.9 cm³/mol. The van der Waals surface area contributed by atoms with Gasteiger partial charge in [-0.2, -0.15) is 0 Å². The minimum Gasteiger partial charge on any atom is -0.311 e. The Morgan fingerprint density at radius 1 is 1.25 bits per heavy atom. The summed E-state index contributed by atoms with van der Waals surface area (Å²) in [6.07, 6.45) is 3.36. The van der Waals surface area contributed by atoms with E-state index in [1.54, 1.807) is 0 Å². The third kappa shape index (κ3) is 3.91. The lowest BCUT2D eigenvalue weighted by Gasteiger charge is -2.10. The molecule has 1 aromatic carbocycles. The lowest BCUT2D eigenvalue weighted by atomic mass is 10.1. The number of benzene rings is 1. The van der Waals surface area contributed by atoms with Crippen LogP contribution in [0.15, 0.2) is 35.9 Å². The average Bonchev–Trinajstić information content (AvgIpc) is 2.43. The Hall–Kier alpha value is -1.67.